The van der Waals surface area contributed by atoms with Crippen LogP contribution in [0.15, 0.2) is 48.6 Å². The molecule has 14 heteroatoms. The van der Waals surface area contributed by atoms with E-state index in [0.29, 0.717) is 12.8 Å². The first-order chi connectivity index (χ1) is 27.9. The summed E-state index contributed by atoms with van der Waals surface area (Å²) in [6.45, 7) is 3.19. The van der Waals surface area contributed by atoms with Crippen LogP contribution < -0.4 is 0 Å². The molecule has 58 heavy (non-hydrogen) atoms. The summed E-state index contributed by atoms with van der Waals surface area (Å²) in [6, 6.07) is 0. The van der Waals surface area contributed by atoms with Gasteiger partial charge >= 0.3 is 19.8 Å². The smallest absolute Gasteiger partial charge is 0.462 e. The maximum Gasteiger partial charge on any atom is 0.472 e. The minimum absolute atomic E-state index is 0.0162. The fourth-order valence-corrected chi connectivity index (χ4v) is 7.30. The highest BCUT2D eigenvalue weighted by molar-refractivity contribution is 7.47. The summed E-state index contributed by atoms with van der Waals surface area (Å²) in [4.78, 5) is 35.5. The van der Waals surface area contributed by atoms with Crippen LogP contribution in [0.25, 0.3) is 0 Å². The highest BCUT2D eigenvalue weighted by atomic mass is 31.2. The SMILES string of the molecule is CCCCCCCC/C=C/C/C=C/CCC(=O)OC(COC(=O)CCCCC/C=C/C=C/CCCCCCCCC)COP(=O)(O)OC1C(O)C(O)C(O)[C@H](O)C1O. The largest absolute Gasteiger partial charge is 0.472 e. The van der Waals surface area contributed by atoms with Gasteiger partial charge in [0, 0.05) is 12.8 Å². The number of allylic oxidation sites excluding steroid dienone is 8. The number of unbranched alkanes of at least 4 members (excludes halogenated alkanes) is 16. The van der Waals surface area contributed by atoms with Gasteiger partial charge in [0.2, 0.25) is 0 Å². The Labute approximate surface area is 348 Å². The third-order valence-corrected chi connectivity index (χ3v) is 10.9. The van der Waals surface area contributed by atoms with Crippen LogP contribution in [0.2, 0.25) is 0 Å². The standard InChI is InChI=1S/C44H77O13P/c1-3-5-7-9-11-13-15-17-18-19-21-22-24-26-28-30-32-37(45)54-34-36(35-55-58(52,53)57-44-42(50)40(48)39(47)41(49)43(44)51)56-38(46)33-31-29-27-25-23-20-16-14-12-10-8-6-4-2/h18-23,27,29,36,39-44,47-51H,3-17,24-26,28,30-35H2,1-2H3,(H,52,53)/b19-18+,22-21+,23-20+,29-27+/t36?,39?,40-,41?,42?,43?,44?/m0/s1. The molecule has 0 aromatic rings. The van der Waals surface area contributed by atoms with Gasteiger partial charge in [-0.1, -0.05) is 140 Å². The van der Waals surface area contributed by atoms with Crippen molar-refractivity contribution in [3.63, 3.8) is 0 Å². The zero-order valence-corrected chi connectivity index (χ0v) is 36.2. The molecule has 0 bridgehead atoms. The fraction of sp³-hybridized carbons (Fsp3) is 0.773. The maximum absolute atomic E-state index is 12.8. The molecule has 0 radical (unpaired) electrons. The molecule has 1 fully saturated rings. The number of carbonyl (C=O) groups excluding carboxylic acids is 2. The summed E-state index contributed by atoms with van der Waals surface area (Å²) in [6.07, 6.45) is 26.2. The zero-order chi connectivity index (χ0) is 42.9. The van der Waals surface area contributed by atoms with Gasteiger partial charge in [-0.25, -0.2) is 4.57 Å². The lowest BCUT2D eigenvalue weighted by atomic mass is 9.85. The molecule has 8 atom stereocenters. The molecular formula is C44H77O13P. The zero-order valence-electron chi connectivity index (χ0n) is 35.3. The molecule has 1 aliphatic rings. The van der Waals surface area contributed by atoms with E-state index in [1.807, 2.05) is 12.2 Å². The highest BCUT2D eigenvalue weighted by Crippen LogP contribution is 2.47. The second-order valence-corrected chi connectivity index (χ2v) is 16.6. The average molecular weight is 845 g/mol. The second kappa shape index (κ2) is 34.5. The van der Waals surface area contributed by atoms with E-state index in [4.69, 9.17) is 18.5 Å². The molecule has 0 aliphatic heterocycles. The molecule has 6 N–H and O–H groups in total. The first kappa shape index (κ1) is 53.8. The van der Waals surface area contributed by atoms with Crippen LogP contribution in [-0.2, 0) is 32.7 Å². The quantitative estimate of drug-likeness (QED) is 0.0118. The molecule has 1 saturated carbocycles. The normalized spacial score (nSPS) is 23.0. The molecule has 1 rings (SSSR count). The van der Waals surface area contributed by atoms with Crippen LogP contribution in [0.3, 0.4) is 0 Å². The predicted molar refractivity (Wildman–Crippen MR) is 226 cm³/mol. The van der Waals surface area contributed by atoms with Crippen molar-refractivity contribution in [2.75, 3.05) is 13.2 Å². The molecule has 1 aliphatic carbocycles. The van der Waals surface area contributed by atoms with Gasteiger partial charge < -0.3 is 39.9 Å². The van der Waals surface area contributed by atoms with Crippen LogP contribution in [0, 0.1) is 0 Å². The summed E-state index contributed by atoms with van der Waals surface area (Å²) < 4.78 is 33.3. The summed E-state index contributed by atoms with van der Waals surface area (Å²) in [5.74, 6) is -1.21. The predicted octanol–water partition coefficient (Wildman–Crippen LogP) is 8.00. The second-order valence-electron chi connectivity index (χ2n) is 15.2. The third-order valence-electron chi connectivity index (χ3n) is 9.93. The van der Waals surface area contributed by atoms with E-state index < -0.39 is 75.7 Å². The van der Waals surface area contributed by atoms with Crippen molar-refractivity contribution in [1.29, 1.82) is 0 Å². The molecule has 0 saturated heterocycles. The van der Waals surface area contributed by atoms with Crippen molar-refractivity contribution in [3.05, 3.63) is 48.6 Å². The Balaban J connectivity index is 2.54. The molecular weight excluding hydrogens is 767 g/mol. The summed E-state index contributed by atoms with van der Waals surface area (Å²) in [5, 5.41) is 50.0. The topological polar surface area (TPSA) is 210 Å². The molecule has 0 spiro atoms. The molecule has 13 nitrogen and oxygen atoms in total. The number of esters is 2. The van der Waals surface area contributed by atoms with Crippen LogP contribution in [-0.4, -0.2) is 98.3 Å². The number of phosphoric ester groups is 1. The lowest BCUT2D eigenvalue weighted by Gasteiger charge is -2.41. The lowest BCUT2D eigenvalue weighted by Crippen LogP contribution is -2.64. The number of rotatable bonds is 35. The first-order valence-corrected chi connectivity index (χ1v) is 23.5. The maximum atomic E-state index is 12.8. The van der Waals surface area contributed by atoms with E-state index in [2.05, 4.69) is 50.3 Å². The fourth-order valence-electron chi connectivity index (χ4n) is 6.33. The Morgan fingerprint density at radius 2 is 1.02 bits per heavy atom. The highest BCUT2D eigenvalue weighted by Gasteiger charge is 2.51. The average Bonchev–Trinajstić information content (AvgIpc) is 3.20. The summed E-state index contributed by atoms with van der Waals surface area (Å²) in [7, 11) is -5.13. The van der Waals surface area contributed by atoms with E-state index >= 15 is 0 Å². The monoisotopic (exact) mass is 845 g/mol. The van der Waals surface area contributed by atoms with E-state index in [1.54, 1.807) is 0 Å². The van der Waals surface area contributed by atoms with Crippen LogP contribution in [0.4, 0.5) is 0 Å². The van der Waals surface area contributed by atoms with Crippen molar-refractivity contribution < 1.29 is 63.1 Å². The van der Waals surface area contributed by atoms with Gasteiger partial charge in [0.05, 0.1) is 6.61 Å². The van der Waals surface area contributed by atoms with Crippen LogP contribution in [0.1, 0.15) is 162 Å². The van der Waals surface area contributed by atoms with E-state index in [1.165, 1.54) is 83.5 Å². The number of hydrogen-bond acceptors (Lipinski definition) is 12. The van der Waals surface area contributed by atoms with Crippen LogP contribution >= 0.6 is 7.82 Å². The van der Waals surface area contributed by atoms with E-state index in [9.17, 15) is 44.6 Å². The Morgan fingerprint density at radius 1 is 0.552 bits per heavy atom. The number of aliphatic hydroxyl groups is 5. The molecule has 0 aromatic heterocycles. The van der Waals surface area contributed by atoms with Gasteiger partial charge in [0.25, 0.3) is 0 Å². The molecule has 336 valence electrons. The van der Waals surface area contributed by atoms with Gasteiger partial charge in [0.1, 0.15) is 43.2 Å². The van der Waals surface area contributed by atoms with Crippen molar-refractivity contribution in [1.82, 2.24) is 0 Å². The van der Waals surface area contributed by atoms with E-state index in [0.717, 1.165) is 38.5 Å². The Hall–Kier alpha value is -2.19. The third kappa shape index (κ3) is 26.8. The number of aliphatic hydroxyl groups excluding tert-OH is 5. The molecule has 0 heterocycles. The number of phosphoric acid groups is 1. The van der Waals surface area contributed by atoms with Crippen molar-refractivity contribution in [2.24, 2.45) is 0 Å². The first-order valence-electron chi connectivity index (χ1n) is 22.0. The number of hydrogen-bond donors (Lipinski definition) is 6. The minimum Gasteiger partial charge on any atom is -0.462 e. The van der Waals surface area contributed by atoms with Gasteiger partial charge in [0.15, 0.2) is 6.10 Å². The van der Waals surface area contributed by atoms with Gasteiger partial charge in [-0.3, -0.25) is 18.6 Å². The van der Waals surface area contributed by atoms with E-state index in [-0.39, 0.29) is 12.8 Å². The Morgan fingerprint density at radius 3 is 1.57 bits per heavy atom. The molecule has 0 aromatic carbocycles. The minimum atomic E-state index is -5.13. The Kier molecular flexibility index (Phi) is 32.0. The van der Waals surface area contributed by atoms with Gasteiger partial charge in [-0.2, -0.15) is 0 Å². The van der Waals surface area contributed by atoms with Gasteiger partial charge in [-0.15, -0.1) is 0 Å². The van der Waals surface area contributed by atoms with Gasteiger partial charge in [-0.05, 0) is 57.8 Å². The van der Waals surface area contributed by atoms with Crippen molar-refractivity contribution >= 4 is 19.8 Å². The molecule has 0 amide bonds. The number of ether oxygens (including phenoxy) is 2. The Bertz CT molecular complexity index is 1210. The van der Waals surface area contributed by atoms with Crippen molar-refractivity contribution in [2.45, 2.75) is 204 Å². The summed E-state index contributed by atoms with van der Waals surface area (Å²) >= 11 is 0. The lowest BCUT2D eigenvalue weighted by molar-refractivity contribution is -0.220. The number of carbonyl (C=O) groups is 2. The van der Waals surface area contributed by atoms with Crippen LogP contribution in [0.5, 0.6) is 0 Å². The summed E-state index contributed by atoms with van der Waals surface area (Å²) in [5.41, 5.74) is 0. The van der Waals surface area contributed by atoms with Crippen molar-refractivity contribution in [3.8, 4) is 0 Å². The molecule has 7 unspecified atom stereocenters.